The molecule has 0 saturated carbocycles. The highest BCUT2D eigenvalue weighted by atomic mass is 35.5. The number of amides is 1. The lowest BCUT2D eigenvalue weighted by Crippen LogP contribution is -2.36. The van der Waals surface area contributed by atoms with E-state index in [2.05, 4.69) is 4.90 Å². The zero-order chi connectivity index (χ0) is 14.1. The van der Waals surface area contributed by atoms with Crippen LogP contribution in [0.15, 0.2) is 18.2 Å². The first-order valence-corrected chi connectivity index (χ1v) is 7.48. The minimum atomic E-state index is -0.494. The Kier molecular flexibility index (Phi) is 5.22. The largest absolute Gasteiger partial charge is 0.337 e. The van der Waals surface area contributed by atoms with Crippen LogP contribution in [0.2, 0.25) is 5.02 Å². The molecule has 114 valence electrons. The van der Waals surface area contributed by atoms with Gasteiger partial charge in [-0.05, 0) is 43.5 Å². The molecule has 3 nitrogen and oxygen atoms in total. The summed E-state index contributed by atoms with van der Waals surface area (Å²) in [7, 11) is 0. The molecule has 5 heteroatoms. The smallest absolute Gasteiger partial charge is 0.256 e. The number of hydrogen-bond acceptors (Lipinski definition) is 2. The van der Waals surface area contributed by atoms with Gasteiger partial charge in [-0.25, -0.2) is 4.39 Å². The van der Waals surface area contributed by atoms with E-state index in [1.165, 1.54) is 24.6 Å². The second-order valence-electron chi connectivity index (χ2n) is 5.68. The summed E-state index contributed by atoms with van der Waals surface area (Å²) in [6.45, 7) is 4.44. The molecule has 0 aliphatic carbocycles. The maximum atomic E-state index is 13.8. The number of hydrogen-bond donors (Lipinski definition) is 0. The summed E-state index contributed by atoms with van der Waals surface area (Å²) in [5.74, 6) is -0.219. The van der Waals surface area contributed by atoms with Gasteiger partial charge in [0, 0.05) is 31.2 Å². The van der Waals surface area contributed by atoms with Gasteiger partial charge >= 0.3 is 0 Å². The molecule has 1 amide bonds. The average molecular weight is 311 g/mol. The minimum absolute atomic E-state index is 0. The average Bonchev–Trinajstić information content (AvgIpc) is 2.59. The summed E-state index contributed by atoms with van der Waals surface area (Å²) in [6, 6.07) is 4.15. The molecule has 21 heavy (non-hydrogen) atoms. The second-order valence-corrected chi connectivity index (χ2v) is 6.12. The lowest BCUT2D eigenvalue weighted by molar-refractivity contribution is 0.0741. The third-order valence-corrected chi connectivity index (χ3v) is 4.45. The standard InChI is InChI=1S/C15H18ClFN2O.CH2/c16-12-3-4-14(17)13(8-12)15(20)19-7-6-18-5-1-2-11(9-18)10-19;/h3-4,8,11H,1-2,5-7,9-10H2;1H2. The molecule has 3 rings (SSSR count). The summed E-state index contributed by atoms with van der Waals surface area (Å²) in [5, 5.41) is 0.395. The first-order chi connectivity index (χ1) is 9.63. The molecular weight excluding hydrogens is 291 g/mol. The number of rotatable bonds is 1. The minimum Gasteiger partial charge on any atom is -0.337 e. The van der Waals surface area contributed by atoms with Crippen molar-refractivity contribution in [1.29, 1.82) is 0 Å². The Bertz CT molecular complexity index is 523. The molecule has 2 atom stereocenters. The van der Waals surface area contributed by atoms with E-state index in [9.17, 15) is 9.18 Å². The van der Waals surface area contributed by atoms with Gasteiger partial charge in [0.15, 0.2) is 0 Å². The van der Waals surface area contributed by atoms with Crippen LogP contribution in [0.3, 0.4) is 0 Å². The molecule has 0 N–H and O–H groups in total. The Labute approximate surface area is 130 Å². The van der Waals surface area contributed by atoms with Crippen LogP contribution in [-0.4, -0.2) is 48.4 Å². The molecule has 1 aromatic rings. The van der Waals surface area contributed by atoms with E-state index in [1.54, 1.807) is 4.90 Å². The van der Waals surface area contributed by atoms with Gasteiger partial charge in [-0.3, -0.25) is 4.79 Å². The Morgan fingerprint density at radius 3 is 2.86 bits per heavy atom. The van der Waals surface area contributed by atoms with Gasteiger partial charge in [-0.15, -0.1) is 0 Å². The van der Waals surface area contributed by atoms with Crippen molar-refractivity contribution in [1.82, 2.24) is 9.80 Å². The normalized spacial score (nSPS) is 25.0. The summed E-state index contributed by atoms with van der Waals surface area (Å²) in [6.07, 6.45) is 2.34. The maximum Gasteiger partial charge on any atom is 0.256 e. The van der Waals surface area contributed by atoms with Crippen LogP contribution in [-0.2, 0) is 0 Å². The van der Waals surface area contributed by atoms with Crippen LogP contribution >= 0.6 is 11.6 Å². The fraction of sp³-hybridized carbons (Fsp3) is 0.500. The lowest BCUT2D eigenvalue weighted by atomic mass is 9.98. The number of fused-ring (bicyclic) bond motifs is 2. The monoisotopic (exact) mass is 310 g/mol. The quantitative estimate of drug-likeness (QED) is 0.796. The number of piperidine rings is 1. The molecule has 1 aromatic carbocycles. The fourth-order valence-corrected chi connectivity index (χ4v) is 3.36. The molecule has 2 aliphatic heterocycles. The molecule has 2 saturated heterocycles. The first-order valence-electron chi connectivity index (χ1n) is 7.10. The summed E-state index contributed by atoms with van der Waals surface area (Å²) < 4.78 is 13.8. The summed E-state index contributed by atoms with van der Waals surface area (Å²) in [4.78, 5) is 16.7. The van der Waals surface area contributed by atoms with E-state index in [0.29, 0.717) is 17.5 Å². The van der Waals surface area contributed by atoms with Gasteiger partial charge < -0.3 is 9.80 Å². The van der Waals surface area contributed by atoms with Crippen LogP contribution in [0.1, 0.15) is 23.2 Å². The zero-order valence-electron chi connectivity index (χ0n) is 12.0. The van der Waals surface area contributed by atoms with E-state index in [1.807, 2.05) is 0 Å². The highest BCUT2D eigenvalue weighted by molar-refractivity contribution is 6.31. The van der Waals surface area contributed by atoms with Gasteiger partial charge in [0.25, 0.3) is 5.91 Å². The molecule has 2 heterocycles. The van der Waals surface area contributed by atoms with Crippen molar-refractivity contribution in [2.75, 3.05) is 32.7 Å². The summed E-state index contributed by atoms with van der Waals surface area (Å²) in [5.41, 5.74) is 0.0870. The van der Waals surface area contributed by atoms with E-state index in [-0.39, 0.29) is 18.9 Å². The lowest BCUT2D eigenvalue weighted by Gasteiger charge is -2.29. The van der Waals surface area contributed by atoms with Crippen molar-refractivity contribution >= 4 is 17.5 Å². The predicted molar refractivity (Wildman–Crippen MR) is 81.8 cm³/mol. The number of nitrogens with zero attached hydrogens (tertiary/aromatic N) is 2. The number of carbonyl (C=O) groups is 1. The van der Waals surface area contributed by atoms with Gasteiger partial charge in [-0.2, -0.15) is 0 Å². The van der Waals surface area contributed by atoms with Gasteiger partial charge in [-0.1, -0.05) is 19.0 Å². The van der Waals surface area contributed by atoms with Crippen LogP contribution < -0.4 is 0 Å². The van der Waals surface area contributed by atoms with Crippen molar-refractivity contribution < 1.29 is 9.18 Å². The third kappa shape index (κ3) is 3.55. The Balaban J connectivity index is 0.00000161. The maximum absolute atomic E-state index is 13.8. The fourth-order valence-electron chi connectivity index (χ4n) is 3.18. The third-order valence-electron chi connectivity index (χ3n) is 4.21. The van der Waals surface area contributed by atoms with E-state index >= 15 is 0 Å². The molecule has 2 bridgehead atoms. The van der Waals surface area contributed by atoms with Crippen LogP contribution in [0, 0.1) is 19.2 Å². The van der Waals surface area contributed by atoms with Crippen molar-refractivity contribution in [3.8, 4) is 0 Å². The number of carbonyl (C=O) groups excluding carboxylic acids is 1. The van der Waals surface area contributed by atoms with Crippen molar-refractivity contribution in [3.05, 3.63) is 42.0 Å². The predicted octanol–water partition coefficient (Wildman–Crippen LogP) is 2.97. The molecule has 0 spiro atoms. The molecule has 2 unspecified atom stereocenters. The molecule has 2 aliphatic rings. The highest BCUT2D eigenvalue weighted by Gasteiger charge is 2.29. The molecule has 0 aromatic heterocycles. The van der Waals surface area contributed by atoms with Crippen molar-refractivity contribution in [2.45, 2.75) is 12.8 Å². The van der Waals surface area contributed by atoms with E-state index < -0.39 is 5.82 Å². The van der Waals surface area contributed by atoms with Crippen LogP contribution in [0.4, 0.5) is 4.39 Å². The Morgan fingerprint density at radius 1 is 1.24 bits per heavy atom. The SMILES string of the molecule is O=C(c1cc(Cl)ccc1F)N1CCN2CCCC(C2)C1.[CH2]. The Morgan fingerprint density at radius 2 is 2.05 bits per heavy atom. The number of benzene rings is 1. The number of halogens is 2. The first kappa shape index (κ1) is 16.2. The molecular formula is C16H20ClFN2O. The van der Waals surface area contributed by atoms with Gasteiger partial charge in [0.05, 0.1) is 5.56 Å². The van der Waals surface area contributed by atoms with Crippen molar-refractivity contribution in [2.24, 2.45) is 5.92 Å². The van der Waals surface area contributed by atoms with Crippen molar-refractivity contribution in [3.63, 3.8) is 0 Å². The zero-order valence-corrected chi connectivity index (χ0v) is 12.8. The van der Waals surface area contributed by atoms with Gasteiger partial charge in [0.1, 0.15) is 5.82 Å². The van der Waals surface area contributed by atoms with E-state index in [0.717, 1.165) is 32.6 Å². The van der Waals surface area contributed by atoms with Gasteiger partial charge in [0.2, 0.25) is 0 Å². The van der Waals surface area contributed by atoms with E-state index in [4.69, 9.17) is 11.6 Å². The second kappa shape index (κ2) is 6.75. The van der Waals surface area contributed by atoms with Crippen LogP contribution in [0.25, 0.3) is 0 Å². The Hall–Kier alpha value is -1.13. The highest BCUT2D eigenvalue weighted by Crippen LogP contribution is 2.23. The molecule has 2 fully saturated rings. The van der Waals surface area contributed by atoms with Crippen LogP contribution in [0.5, 0.6) is 0 Å². The molecule has 2 radical (unpaired) electrons. The summed E-state index contributed by atoms with van der Waals surface area (Å²) >= 11 is 5.88. The topological polar surface area (TPSA) is 23.6 Å².